The first-order chi connectivity index (χ1) is 15.2. The lowest BCUT2D eigenvalue weighted by Gasteiger charge is -2.09. The van der Waals surface area contributed by atoms with Crippen molar-refractivity contribution in [2.24, 2.45) is 11.1 Å². The first kappa shape index (κ1) is 19.8. The van der Waals surface area contributed by atoms with Gasteiger partial charge < -0.3 is 19.0 Å². The predicted octanol–water partition coefficient (Wildman–Crippen LogP) is 5.80. The van der Waals surface area contributed by atoms with Gasteiger partial charge in [-0.2, -0.15) is 0 Å². The lowest BCUT2D eigenvalue weighted by molar-refractivity contribution is 0.130. The number of benzene rings is 3. The van der Waals surface area contributed by atoms with Crippen LogP contribution in [0.2, 0.25) is 5.02 Å². The standard InChI is InChI=1S/C25H22ClNO4/c1-28-20-9-4-17(5-10-20)25(27-31-14-16-2-7-19(26)8-3-16)22-13-21(22)18-6-11-23-24(12-18)30-15-29-23/h2-12,21-22H,13-15H2,1H3/b27-25-/t21-,22+/m0/s1. The maximum Gasteiger partial charge on any atom is 0.231 e. The molecule has 1 aliphatic carbocycles. The molecule has 1 fully saturated rings. The Bertz CT molecular complexity index is 1100. The normalized spacial score (nSPS) is 19.2. The fraction of sp³-hybridized carbons (Fsp3) is 0.240. The molecule has 5 rings (SSSR count). The van der Waals surface area contributed by atoms with Crippen LogP contribution in [0.4, 0.5) is 0 Å². The quantitative estimate of drug-likeness (QED) is 0.347. The van der Waals surface area contributed by atoms with Crippen LogP contribution < -0.4 is 14.2 Å². The summed E-state index contributed by atoms with van der Waals surface area (Å²) >= 11 is 5.96. The zero-order valence-electron chi connectivity index (χ0n) is 17.1. The lowest BCUT2D eigenvalue weighted by atomic mass is 10.0. The molecule has 0 N–H and O–H groups in total. The summed E-state index contributed by atoms with van der Waals surface area (Å²) < 4.78 is 16.3. The highest BCUT2D eigenvalue weighted by atomic mass is 35.5. The van der Waals surface area contributed by atoms with Crippen LogP contribution in [-0.4, -0.2) is 19.6 Å². The van der Waals surface area contributed by atoms with Gasteiger partial charge >= 0.3 is 0 Å². The molecule has 0 bridgehead atoms. The minimum Gasteiger partial charge on any atom is -0.497 e. The van der Waals surface area contributed by atoms with Gasteiger partial charge in [-0.25, -0.2) is 0 Å². The van der Waals surface area contributed by atoms with Crippen molar-refractivity contribution < 1.29 is 19.0 Å². The summed E-state index contributed by atoms with van der Waals surface area (Å²) in [6, 6.07) is 21.7. The summed E-state index contributed by atoms with van der Waals surface area (Å²) in [6.07, 6.45) is 1.01. The minimum absolute atomic E-state index is 0.277. The van der Waals surface area contributed by atoms with Crippen molar-refractivity contribution >= 4 is 17.3 Å². The molecule has 0 saturated heterocycles. The van der Waals surface area contributed by atoms with Crippen molar-refractivity contribution in [3.63, 3.8) is 0 Å². The molecule has 3 aromatic rings. The molecule has 2 atom stereocenters. The minimum atomic E-state index is 0.277. The van der Waals surface area contributed by atoms with E-state index >= 15 is 0 Å². The third-order valence-corrected chi connectivity index (χ3v) is 5.91. The van der Waals surface area contributed by atoms with Gasteiger partial charge in [-0.05, 0) is 77.6 Å². The summed E-state index contributed by atoms with van der Waals surface area (Å²) in [5, 5.41) is 5.27. The molecule has 0 aromatic heterocycles. The Kier molecular flexibility index (Phi) is 5.43. The number of rotatable bonds is 7. The molecule has 5 nitrogen and oxygen atoms in total. The SMILES string of the molecule is COc1ccc(/C(=N/OCc2ccc(Cl)cc2)[C@@H]2C[C@H]2c2ccc3c(c2)OCO3)cc1. The van der Waals surface area contributed by atoms with E-state index in [9.17, 15) is 0 Å². The highest BCUT2D eigenvalue weighted by molar-refractivity contribution is 6.30. The third kappa shape index (κ3) is 4.32. The van der Waals surface area contributed by atoms with Gasteiger partial charge in [0.15, 0.2) is 11.5 Å². The topological polar surface area (TPSA) is 49.3 Å². The molecule has 2 aliphatic rings. The summed E-state index contributed by atoms with van der Waals surface area (Å²) in [7, 11) is 1.66. The van der Waals surface area contributed by atoms with Gasteiger partial charge in [-0.15, -0.1) is 0 Å². The molecule has 0 radical (unpaired) electrons. The van der Waals surface area contributed by atoms with E-state index in [0.29, 0.717) is 17.5 Å². The number of methoxy groups -OCH3 is 1. The third-order valence-electron chi connectivity index (χ3n) is 5.66. The van der Waals surface area contributed by atoms with Gasteiger partial charge in [-0.3, -0.25) is 0 Å². The van der Waals surface area contributed by atoms with Crippen LogP contribution >= 0.6 is 11.6 Å². The molecule has 6 heteroatoms. The van der Waals surface area contributed by atoms with E-state index in [2.05, 4.69) is 17.3 Å². The Labute approximate surface area is 186 Å². The number of fused-ring (bicyclic) bond motifs is 1. The summed E-state index contributed by atoms with van der Waals surface area (Å²) in [5.41, 5.74) is 4.22. The Morgan fingerprint density at radius 2 is 1.77 bits per heavy atom. The predicted molar refractivity (Wildman–Crippen MR) is 119 cm³/mol. The largest absolute Gasteiger partial charge is 0.497 e. The van der Waals surface area contributed by atoms with Crippen molar-refractivity contribution in [2.75, 3.05) is 13.9 Å². The van der Waals surface area contributed by atoms with Crippen LogP contribution in [-0.2, 0) is 11.4 Å². The molecule has 1 heterocycles. The Morgan fingerprint density at radius 3 is 2.55 bits per heavy atom. The van der Waals surface area contributed by atoms with E-state index in [1.807, 2.05) is 54.6 Å². The maximum atomic E-state index is 5.96. The number of halogens is 1. The molecule has 0 unspecified atom stereocenters. The van der Waals surface area contributed by atoms with Gasteiger partial charge in [0, 0.05) is 10.9 Å². The van der Waals surface area contributed by atoms with Crippen LogP contribution in [0, 0.1) is 5.92 Å². The number of hydrogen-bond acceptors (Lipinski definition) is 5. The summed E-state index contributed by atoms with van der Waals surface area (Å²) in [4.78, 5) is 5.76. The fourth-order valence-electron chi connectivity index (χ4n) is 3.86. The van der Waals surface area contributed by atoms with Gasteiger partial charge in [0.2, 0.25) is 6.79 Å². The summed E-state index contributed by atoms with van der Waals surface area (Å²) in [5.74, 6) is 3.07. The zero-order valence-corrected chi connectivity index (χ0v) is 17.8. The molecule has 3 aromatic carbocycles. The Morgan fingerprint density at radius 1 is 1.00 bits per heavy atom. The first-order valence-electron chi connectivity index (χ1n) is 10.2. The highest BCUT2D eigenvalue weighted by Gasteiger charge is 2.43. The second-order valence-electron chi connectivity index (χ2n) is 7.67. The second kappa shape index (κ2) is 8.52. The number of ether oxygens (including phenoxy) is 3. The van der Waals surface area contributed by atoms with Crippen LogP contribution in [0.3, 0.4) is 0 Å². The van der Waals surface area contributed by atoms with Crippen molar-refractivity contribution in [1.29, 1.82) is 0 Å². The average Bonchev–Trinajstić information content (AvgIpc) is 3.45. The van der Waals surface area contributed by atoms with Gasteiger partial charge in [0.25, 0.3) is 0 Å². The van der Waals surface area contributed by atoms with Crippen molar-refractivity contribution in [2.45, 2.75) is 18.9 Å². The Balaban J connectivity index is 1.36. The molecule has 158 valence electrons. The summed E-state index contributed by atoms with van der Waals surface area (Å²) in [6.45, 7) is 0.669. The molecule has 0 spiro atoms. The van der Waals surface area contributed by atoms with Crippen LogP contribution in [0.1, 0.15) is 29.0 Å². The molecule has 1 aliphatic heterocycles. The van der Waals surface area contributed by atoms with Crippen LogP contribution in [0.5, 0.6) is 17.2 Å². The average molecular weight is 436 g/mol. The molecular formula is C25H22ClNO4. The number of hydrogen-bond donors (Lipinski definition) is 0. The molecule has 31 heavy (non-hydrogen) atoms. The lowest BCUT2D eigenvalue weighted by Crippen LogP contribution is -2.07. The zero-order chi connectivity index (χ0) is 21.2. The first-order valence-corrected chi connectivity index (χ1v) is 10.6. The molecular weight excluding hydrogens is 414 g/mol. The van der Waals surface area contributed by atoms with E-state index in [1.54, 1.807) is 7.11 Å². The monoisotopic (exact) mass is 435 g/mol. The smallest absolute Gasteiger partial charge is 0.231 e. The van der Waals surface area contributed by atoms with E-state index in [1.165, 1.54) is 5.56 Å². The number of oxime groups is 1. The van der Waals surface area contributed by atoms with Crippen molar-refractivity contribution in [3.05, 3.63) is 88.4 Å². The van der Waals surface area contributed by atoms with Crippen molar-refractivity contribution in [3.8, 4) is 17.2 Å². The highest BCUT2D eigenvalue weighted by Crippen LogP contribution is 2.51. The number of nitrogens with zero attached hydrogens (tertiary/aromatic N) is 1. The molecule has 1 saturated carbocycles. The van der Waals surface area contributed by atoms with E-state index in [0.717, 1.165) is 40.5 Å². The maximum absolute atomic E-state index is 5.96. The van der Waals surface area contributed by atoms with Gasteiger partial charge in [0.05, 0.1) is 12.8 Å². The van der Waals surface area contributed by atoms with E-state index in [4.69, 9.17) is 30.6 Å². The van der Waals surface area contributed by atoms with Gasteiger partial charge in [-0.1, -0.05) is 35.0 Å². The second-order valence-corrected chi connectivity index (χ2v) is 8.10. The van der Waals surface area contributed by atoms with Crippen molar-refractivity contribution in [1.82, 2.24) is 0 Å². The molecule has 0 amide bonds. The fourth-order valence-corrected chi connectivity index (χ4v) is 3.99. The van der Waals surface area contributed by atoms with E-state index in [-0.39, 0.29) is 12.7 Å². The van der Waals surface area contributed by atoms with E-state index < -0.39 is 0 Å². The van der Waals surface area contributed by atoms with Gasteiger partial charge in [0.1, 0.15) is 12.4 Å². The van der Waals surface area contributed by atoms with Crippen LogP contribution in [0.15, 0.2) is 71.9 Å². The Hall–Kier alpha value is -3.18. The van der Waals surface area contributed by atoms with Crippen LogP contribution in [0.25, 0.3) is 0 Å².